The summed E-state index contributed by atoms with van der Waals surface area (Å²) in [6.07, 6.45) is 2.27. The van der Waals surface area contributed by atoms with Gasteiger partial charge in [0.05, 0.1) is 6.61 Å². The highest BCUT2D eigenvalue weighted by atomic mass is 79.9. The van der Waals surface area contributed by atoms with Gasteiger partial charge >= 0.3 is 0 Å². The highest BCUT2D eigenvalue weighted by Crippen LogP contribution is 2.20. The number of hydrogen-bond acceptors (Lipinski definition) is 1. The molecule has 0 saturated carbocycles. The summed E-state index contributed by atoms with van der Waals surface area (Å²) in [5, 5.41) is 0.926. The molecule has 1 aromatic carbocycles. The molecule has 1 atom stereocenters. The molecular formula is C13H18BrFO. The lowest BCUT2D eigenvalue weighted by atomic mass is 10.1. The molecule has 90 valence electrons. The molecule has 0 aromatic heterocycles. The molecule has 0 spiro atoms. The summed E-state index contributed by atoms with van der Waals surface area (Å²) in [6, 6.07) is 4.65. The van der Waals surface area contributed by atoms with E-state index in [0.717, 1.165) is 23.7 Å². The summed E-state index contributed by atoms with van der Waals surface area (Å²) >= 11 is 3.47. The van der Waals surface area contributed by atoms with Gasteiger partial charge in [0.15, 0.2) is 0 Å². The predicted molar refractivity (Wildman–Crippen MR) is 68.8 cm³/mol. The number of rotatable bonds is 6. The maximum atomic E-state index is 13.0. The molecule has 0 aliphatic rings. The van der Waals surface area contributed by atoms with Gasteiger partial charge in [-0.2, -0.15) is 0 Å². The van der Waals surface area contributed by atoms with E-state index in [2.05, 4.69) is 22.9 Å². The summed E-state index contributed by atoms with van der Waals surface area (Å²) in [6.45, 7) is 4.73. The average Bonchev–Trinajstić information content (AvgIpc) is 2.28. The van der Waals surface area contributed by atoms with Gasteiger partial charge in [-0.1, -0.05) is 35.3 Å². The summed E-state index contributed by atoms with van der Waals surface area (Å²) in [5.41, 5.74) is 0.978. The van der Waals surface area contributed by atoms with Crippen molar-refractivity contribution in [1.82, 2.24) is 0 Å². The van der Waals surface area contributed by atoms with Crippen LogP contribution < -0.4 is 4.74 Å². The Bertz CT molecular complexity index is 328. The largest absolute Gasteiger partial charge is 0.493 e. The molecule has 0 amide bonds. The van der Waals surface area contributed by atoms with Crippen molar-refractivity contribution in [2.75, 3.05) is 11.9 Å². The van der Waals surface area contributed by atoms with E-state index < -0.39 is 0 Å². The summed E-state index contributed by atoms with van der Waals surface area (Å²) in [4.78, 5) is 0. The topological polar surface area (TPSA) is 9.23 Å². The van der Waals surface area contributed by atoms with Crippen LogP contribution in [0.4, 0.5) is 4.39 Å². The molecule has 3 heteroatoms. The van der Waals surface area contributed by atoms with Crippen LogP contribution in [0.1, 0.15) is 25.3 Å². The summed E-state index contributed by atoms with van der Waals surface area (Å²) < 4.78 is 18.7. The van der Waals surface area contributed by atoms with Gasteiger partial charge < -0.3 is 4.74 Å². The van der Waals surface area contributed by atoms with Gasteiger partial charge in [0, 0.05) is 17.3 Å². The molecule has 1 aromatic rings. The van der Waals surface area contributed by atoms with Crippen LogP contribution in [0.2, 0.25) is 0 Å². The lowest BCUT2D eigenvalue weighted by Gasteiger charge is -2.15. The average molecular weight is 289 g/mol. The van der Waals surface area contributed by atoms with Gasteiger partial charge in [0.2, 0.25) is 0 Å². The van der Waals surface area contributed by atoms with Crippen LogP contribution in [0.5, 0.6) is 5.75 Å². The van der Waals surface area contributed by atoms with E-state index in [0.29, 0.717) is 18.3 Å². The van der Waals surface area contributed by atoms with Crippen LogP contribution in [0.3, 0.4) is 0 Å². The Morgan fingerprint density at radius 1 is 1.44 bits per heavy atom. The van der Waals surface area contributed by atoms with Crippen LogP contribution in [0, 0.1) is 18.7 Å². The van der Waals surface area contributed by atoms with Crippen molar-refractivity contribution < 1.29 is 9.13 Å². The van der Waals surface area contributed by atoms with Gasteiger partial charge in [0.1, 0.15) is 11.6 Å². The first-order valence-corrected chi connectivity index (χ1v) is 6.74. The molecule has 0 heterocycles. The number of halogens is 2. The second kappa shape index (κ2) is 6.89. The van der Waals surface area contributed by atoms with Crippen molar-refractivity contribution in [2.24, 2.45) is 5.92 Å². The van der Waals surface area contributed by atoms with Gasteiger partial charge in [0.25, 0.3) is 0 Å². The maximum Gasteiger partial charge on any atom is 0.126 e. The van der Waals surface area contributed by atoms with Gasteiger partial charge in [-0.25, -0.2) is 4.39 Å². The second-order valence-corrected chi connectivity index (χ2v) is 4.68. The number of ether oxygens (including phenoxy) is 1. The second-order valence-electron chi connectivity index (χ2n) is 4.03. The van der Waals surface area contributed by atoms with Crippen molar-refractivity contribution in [3.63, 3.8) is 0 Å². The molecule has 1 unspecified atom stereocenters. The van der Waals surface area contributed by atoms with Crippen molar-refractivity contribution in [3.05, 3.63) is 29.6 Å². The SMILES string of the molecule is CCCC(CBr)COc1cc(F)ccc1C. The third kappa shape index (κ3) is 4.12. The molecule has 0 N–H and O–H groups in total. The van der Waals surface area contributed by atoms with E-state index in [4.69, 9.17) is 4.74 Å². The van der Waals surface area contributed by atoms with Gasteiger partial charge in [-0.3, -0.25) is 0 Å². The molecule has 1 rings (SSSR count). The van der Waals surface area contributed by atoms with Crippen LogP contribution in [-0.4, -0.2) is 11.9 Å². The molecule has 0 aliphatic heterocycles. The van der Waals surface area contributed by atoms with Crippen LogP contribution >= 0.6 is 15.9 Å². The first-order valence-electron chi connectivity index (χ1n) is 5.62. The molecule has 0 saturated heterocycles. The van der Waals surface area contributed by atoms with Crippen LogP contribution in [0.25, 0.3) is 0 Å². The third-order valence-electron chi connectivity index (χ3n) is 2.54. The molecule has 0 bridgehead atoms. The zero-order valence-electron chi connectivity index (χ0n) is 9.80. The van der Waals surface area contributed by atoms with E-state index in [1.54, 1.807) is 6.07 Å². The Morgan fingerprint density at radius 3 is 2.81 bits per heavy atom. The first kappa shape index (κ1) is 13.5. The Labute approximate surface area is 105 Å². The zero-order valence-corrected chi connectivity index (χ0v) is 11.4. The maximum absolute atomic E-state index is 13.0. The fourth-order valence-corrected chi connectivity index (χ4v) is 2.06. The molecule has 1 nitrogen and oxygen atoms in total. The van der Waals surface area contributed by atoms with E-state index in [9.17, 15) is 4.39 Å². The Kier molecular flexibility index (Phi) is 5.81. The highest BCUT2D eigenvalue weighted by Gasteiger charge is 2.08. The van der Waals surface area contributed by atoms with Crippen molar-refractivity contribution in [1.29, 1.82) is 0 Å². The minimum absolute atomic E-state index is 0.244. The van der Waals surface area contributed by atoms with E-state index >= 15 is 0 Å². The zero-order chi connectivity index (χ0) is 12.0. The van der Waals surface area contributed by atoms with Gasteiger partial charge in [-0.05, 0) is 25.0 Å². The minimum atomic E-state index is -0.244. The number of alkyl halides is 1. The number of benzene rings is 1. The summed E-state index contributed by atoms with van der Waals surface area (Å²) in [5.74, 6) is 0.904. The minimum Gasteiger partial charge on any atom is -0.493 e. The normalized spacial score (nSPS) is 12.5. The van der Waals surface area contributed by atoms with Gasteiger partial charge in [-0.15, -0.1) is 0 Å². The fraction of sp³-hybridized carbons (Fsp3) is 0.538. The number of aryl methyl sites for hydroxylation is 1. The smallest absolute Gasteiger partial charge is 0.126 e. The standard InChI is InChI=1S/C13H18BrFO/c1-3-4-11(8-14)9-16-13-7-12(15)6-5-10(13)2/h5-7,11H,3-4,8-9H2,1-2H3. The lowest BCUT2D eigenvalue weighted by Crippen LogP contribution is -2.13. The Morgan fingerprint density at radius 2 is 2.19 bits per heavy atom. The van der Waals surface area contributed by atoms with Crippen molar-refractivity contribution >= 4 is 15.9 Å². The van der Waals surface area contributed by atoms with E-state index in [1.807, 2.05) is 6.92 Å². The van der Waals surface area contributed by atoms with Crippen molar-refractivity contribution in [2.45, 2.75) is 26.7 Å². The molecule has 0 radical (unpaired) electrons. The van der Waals surface area contributed by atoms with Crippen LogP contribution in [-0.2, 0) is 0 Å². The fourth-order valence-electron chi connectivity index (χ4n) is 1.55. The highest BCUT2D eigenvalue weighted by molar-refractivity contribution is 9.09. The first-order chi connectivity index (χ1) is 7.67. The quantitative estimate of drug-likeness (QED) is 0.708. The lowest BCUT2D eigenvalue weighted by molar-refractivity contribution is 0.252. The van der Waals surface area contributed by atoms with Crippen molar-refractivity contribution in [3.8, 4) is 5.75 Å². The summed E-state index contributed by atoms with van der Waals surface area (Å²) in [7, 11) is 0. The Hall–Kier alpha value is -0.570. The molecule has 0 fully saturated rings. The Balaban J connectivity index is 2.55. The third-order valence-corrected chi connectivity index (χ3v) is 3.46. The predicted octanol–water partition coefficient (Wildman–Crippen LogP) is 4.32. The molecule has 16 heavy (non-hydrogen) atoms. The van der Waals surface area contributed by atoms with E-state index in [1.165, 1.54) is 12.1 Å². The molecular weight excluding hydrogens is 271 g/mol. The van der Waals surface area contributed by atoms with E-state index in [-0.39, 0.29) is 5.82 Å². The monoisotopic (exact) mass is 288 g/mol. The van der Waals surface area contributed by atoms with Crippen LogP contribution in [0.15, 0.2) is 18.2 Å². The molecule has 0 aliphatic carbocycles. The number of hydrogen-bond donors (Lipinski definition) is 0.